The van der Waals surface area contributed by atoms with Gasteiger partial charge in [0.05, 0.1) is 22.7 Å². The molecule has 0 spiro atoms. The third kappa shape index (κ3) is 5.68. The predicted octanol–water partition coefficient (Wildman–Crippen LogP) is 4.67. The number of aromatic amines is 1. The molecule has 4 aromatic rings. The molecule has 2 aliphatic rings. The Morgan fingerprint density at radius 2 is 1.68 bits per heavy atom. The summed E-state index contributed by atoms with van der Waals surface area (Å²) in [5.74, 6) is -1.94. The molecule has 2 heterocycles. The van der Waals surface area contributed by atoms with Gasteiger partial charge in [-0.1, -0.05) is 48.5 Å². The van der Waals surface area contributed by atoms with Gasteiger partial charge in [0.25, 0.3) is 11.5 Å². The van der Waals surface area contributed by atoms with Crippen molar-refractivity contribution >= 4 is 22.8 Å². The molecule has 10 heteroatoms. The highest BCUT2D eigenvalue weighted by Gasteiger charge is 2.41. The Labute approximate surface area is 234 Å². The third-order valence-electron chi connectivity index (χ3n) is 7.68. The van der Waals surface area contributed by atoms with Crippen LogP contribution < -0.4 is 5.56 Å². The second kappa shape index (κ2) is 11.1. The van der Waals surface area contributed by atoms with E-state index < -0.39 is 23.6 Å². The second-order valence-electron chi connectivity index (χ2n) is 10.6. The molecular weight excluding hydrogens is 530 g/mol. The van der Waals surface area contributed by atoms with E-state index in [0.29, 0.717) is 35.0 Å². The topological polar surface area (TPSA) is 95.6 Å². The van der Waals surface area contributed by atoms with Crippen molar-refractivity contribution in [2.45, 2.75) is 31.9 Å². The molecule has 2 fully saturated rings. The van der Waals surface area contributed by atoms with Gasteiger partial charge in [0.15, 0.2) is 0 Å². The van der Waals surface area contributed by atoms with Crippen molar-refractivity contribution in [3.05, 3.63) is 111 Å². The maximum atomic E-state index is 14.8. The molecule has 6 rings (SSSR count). The molecular formula is C31H28F2N4O4. The number of hydrogen-bond acceptors (Lipinski definition) is 5. The summed E-state index contributed by atoms with van der Waals surface area (Å²) in [5, 5.41) is 7.43. The summed E-state index contributed by atoms with van der Waals surface area (Å²) < 4.78 is 35.2. The van der Waals surface area contributed by atoms with Gasteiger partial charge >= 0.3 is 6.09 Å². The number of likely N-dealkylation sites (tertiary alicyclic amines) is 1. The number of hydrogen-bond donors (Lipinski definition) is 1. The average molecular weight is 559 g/mol. The van der Waals surface area contributed by atoms with Gasteiger partial charge in [0.1, 0.15) is 18.2 Å². The highest BCUT2D eigenvalue weighted by molar-refractivity contribution is 5.95. The SMILES string of the molecule is O=C(c1cc(Cc2n[nH]c(=O)c3ccccc23)c(F)cc1F)N1CC(N(CC2CC2)C(=O)OCc2ccccc2)C1. The standard InChI is InChI=1S/C31H28F2N4O4/c32-26-14-27(33)25(12-21(26)13-28-23-8-4-5-9-24(23)29(38)35-34-28)30(39)36-16-22(17-36)37(15-19-10-11-19)31(40)41-18-20-6-2-1-3-7-20/h1-9,12,14,19,22H,10-11,13,15-18H2,(H,35,38). The van der Waals surface area contributed by atoms with E-state index in [1.165, 1.54) is 11.0 Å². The summed E-state index contributed by atoms with van der Waals surface area (Å²) >= 11 is 0. The number of rotatable bonds is 8. The second-order valence-corrected chi connectivity index (χ2v) is 10.6. The van der Waals surface area contributed by atoms with Crippen molar-refractivity contribution in [1.82, 2.24) is 20.0 Å². The summed E-state index contributed by atoms with van der Waals surface area (Å²) in [5.41, 5.74) is 0.736. The maximum Gasteiger partial charge on any atom is 0.410 e. The van der Waals surface area contributed by atoms with E-state index in [-0.39, 0.29) is 48.8 Å². The highest BCUT2D eigenvalue weighted by Crippen LogP contribution is 2.32. The van der Waals surface area contributed by atoms with E-state index in [2.05, 4.69) is 10.2 Å². The summed E-state index contributed by atoms with van der Waals surface area (Å²) in [6.45, 7) is 1.16. The predicted molar refractivity (Wildman–Crippen MR) is 147 cm³/mol. The molecule has 1 aromatic heterocycles. The molecule has 1 saturated carbocycles. The number of fused-ring (bicyclic) bond motifs is 1. The molecule has 1 saturated heterocycles. The minimum atomic E-state index is -0.962. The van der Waals surface area contributed by atoms with Crippen molar-refractivity contribution in [3.63, 3.8) is 0 Å². The van der Waals surface area contributed by atoms with Crippen LogP contribution in [0.1, 0.15) is 40.0 Å². The van der Waals surface area contributed by atoms with Gasteiger partial charge in [0.2, 0.25) is 0 Å². The van der Waals surface area contributed by atoms with E-state index in [9.17, 15) is 23.2 Å². The van der Waals surface area contributed by atoms with Crippen LogP contribution in [-0.2, 0) is 17.8 Å². The quantitative estimate of drug-likeness (QED) is 0.339. The molecule has 0 atom stereocenters. The summed E-state index contributed by atoms with van der Waals surface area (Å²) in [4.78, 5) is 41.5. The molecule has 210 valence electrons. The van der Waals surface area contributed by atoms with Gasteiger partial charge in [-0.2, -0.15) is 5.10 Å². The van der Waals surface area contributed by atoms with E-state index in [4.69, 9.17) is 4.74 Å². The molecule has 3 aromatic carbocycles. The zero-order valence-corrected chi connectivity index (χ0v) is 22.2. The Bertz CT molecular complexity index is 1670. The molecule has 41 heavy (non-hydrogen) atoms. The lowest BCUT2D eigenvalue weighted by atomic mass is 9.99. The molecule has 2 amide bonds. The summed E-state index contributed by atoms with van der Waals surface area (Å²) in [6.07, 6.45) is 1.60. The van der Waals surface area contributed by atoms with Crippen LogP contribution >= 0.6 is 0 Å². The van der Waals surface area contributed by atoms with Crippen LogP contribution in [-0.4, -0.2) is 57.7 Å². The number of H-pyrrole nitrogens is 1. The van der Waals surface area contributed by atoms with Gasteiger partial charge in [-0.3, -0.25) is 9.59 Å². The van der Waals surface area contributed by atoms with E-state index >= 15 is 0 Å². The average Bonchev–Trinajstić information content (AvgIpc) is 3.78. The molecule has 0 unspecified atom stereocenters. The van der Waals surface area contributed by atoms with Gasteiger partial charge in [-0.25, -0.2) is 18.7 Å². The number of amides is 2. The Morgan fingerprint density at radius 3 is 2.41 bits per heavy atom. The van der Waals surface area contributed by atoms with Crippen LogP contribution in [0.5, 0.6) is 0 Å². The number of ether oxygens (including phenoxy) is 1. The van der Waals surface area contributed by atoms with Gasteiger partial charge in [-0.05, 0) is 42.0 Å². The summed E-state index contributed by atoms with van der Waals surface area (Å²) in [6, 6.07) is 17.9. The number of carbonyl (C=O) groups excluding carboxylic acids is 2. The van der Waals surface area contributed by atoms with Crippen molar-refractivity contribution in [2.75, 3.05) is 19.6 Å². The fourth-order valence-corrected chi connectivity index (χ4v) is 5.12. The van der Waals surface area contributed by atoms with Crippen molar-refractivity contribution in [2.24, 2.45) is 5.92 Å². The highest BCUT2D eigenvalue weighted by atomic mass is 19.1. The van der Waals surface area contributed by atoms with Crippen molar-refractivity contribution < 1.29 is 23.1 Å². The van der Waals surface area contributed by atoms with Crippen LogP contribution in [0.2, 0.25) is 0 Å². The summed E-state index contributed by atoms with van der Waals surface area (Å²) in [7, 11) is 0. The van der Waals surface area contributed by atoms with Crippen LogP contribution in [0.15, 0.2) is 71.5 Å². The fourth-order valence-electron chi connectivity index (χ4n) is 5.12. The monoisotopic (exact) mass is 558 g/mol. The first kappa shape index (κ1) is 26.6. The number of benzene rings is 3. The van der Waals surface area contributed by atoms with Crippen molar-refractivity contribution in [3.8, 4) is 0 Å². The van der Waals surface area contributed by atoms with E-state index in [0.717, 1.165) is 18.4 Å². The molecule has 8 nitrogen and oxygen atoms in total. The minimum absolute atomic E-state index is 0.0469. The van der Waals surface area contributed by atoms with Crippen LogP contribution in [0.3, 0.4) is 0 Å². The molecule has 1 aliphatic heterocycles. The van der Waals surface area contributed by atoms with Gasteiger partial charge < -0.3 is 14.5 Å². The first-order valence-corrected chi connectivity index (χ1v) is 13.6. The first-order chi connectivity index (χ1) is 19.9. The number of nitrogens with zero attached hydrogens (tertiary/aromatic N) is 3. The number of halogens is 2. The Kier molecular flexibility index (Phi) is 7.21. The fraction of sp³-hybridized carbons (Fsp3) is 0.290. The largest absolute Gasteiger partial charge is 0.445 e. The van der Waals surface area contributed by atoms with Crippen LogP contribution in [0, 0.1) is 17.6 Å². The first-order valence-electron chi connectivity index (χ1n) is 13.6. The Hall–Kier alpha value is -4.60. The zero-order chi connectivity index (χ0) is 28.5. The third-order valence-corrected chi connectivity index (χ3v) is 7.68. The van der Waals surface area contributed by atoms with Crippen molar-refractivity contribution in [1.29, 1.82) is 0 Å². The minimum Gasteiger partial charge on any atom is -0.445 e. The smallest absolute Gasteiger partial charge is 0.410 e. The van der Waals surface area contributed by atoms with Gasteiger partial charge in [-0.15, -0.1) is 0 Å². The van der Waals surface area contributed by atoms with Crippen LogP contribution in [0.4, 0.5) is 13.6 Å². The lowest BCUT2D eigenvalue weighted by Crippen LogP contribution is -2.62. The normalized spacial score (nSPS) is 15.0. The number of carbonyl (C=O) groups is 2. The molecule has 1 aliphatic carbocycles. The number of nitrogens with one attached hydrogen (secondary N) is 1. The van der Waals surface area contributed by atoms with E-state index in [1.54, 1.807) is 29.2 Å². The number of aromatic nitrogens is 2. The van der Waals surface area contributed by atoms with E-state index in [1.807, 2.05) is 30.3 Å². The lowest BCUT2D eigenvalue weighted by molar-refractivity contribution is 0.0163. The lowest BCUT2D eigenvalue weighted by Gasteiger charge is -2.45. The molecule has 0 radical (unpaired) electrons. The Balaban J connectivity index is 1.15. The Morgan fingerprint density at radius 1 is 0.976 bits per heavy atom. The maximum absolute atomic E-state index is 14.8. The zero-order valence-electron chi connectivity index (χ0n) is 22.2. The van der Waals surface area contributed by atoms with Gasteiger partial charge in [0, 0.05) is 37.5 Å². The molecule has 1 N–H and O–H groups in total. The van der Waals surface area contributed by atoms with Crippen LogP contribution in [0.25, 0.3) is 10.8 Å². The molecule has 0 bridgehead atoms.